The first kappa shape index (κ1) is 13.1. The number of oxazole rings is 1. The molecule has 0 spiro atoms. The second-order valence-corrected chi connectivity index (χ2v) is 4.24. The first-order chi connectivity index (χ1) is 8.97. The number of nitrogens with zero attached hydrogens (tertiary/aromatic N) is 2. The summed E-state index contributed by atoms with van der Waals surface area (Å²) in [5.41, 5.74) is 1.53. The van der Waals surface area contributed by atoms with E-state index in [1.54, 1.807) is 13.0 Å². The minimum atomic E-state index is -0.976. The largest absolute Gasteiger partial charge is 0.478 e. The zero-order chi connectivity index (χ0) is 14.0. The zero-order valence-corrected chi connectivity index (χ0v) is 11.0. The van der Waals surface area contributed by atoms with Crippen LogP contribution in [0.1, 0.15) is 33.4 Å². The first-order valence-corrected chi connectivity index (χ1v) is 5.85. The van der Waals surface area contributed by atoms with Crippen molar-refractivity contribution in [2.75, 3.05) is 5.32 Å². The van der Waals surface area contributed by atoms with Gasteiger partial charge in [0.1, 0.15) is 11.6 Å². The maximum absolute atomic E-state index is 10.9. The lowest BCUT2D eigenvalue weighted by atomic mass is 10.2. The standard InChI is InChI=1S/C13H15N3O3/c1-7-9(3)19-12(16-7)6-14-11-5-4-10(13(17)18)8(2)15-11/h4-5H,6H2,1-3H3,(H,14,15)(H,17,18). The Morgan fingerprint density at radius 3 is 2.53 bits per heavy atom. The molecule has 0 bridgehead atoms. The van der Waals surface area contributed by atoms with Crippen LogP contribution >= 0.6 is 0 Å². The first-order valence-electron chi connectivity index (χ1n) is 5.85. The molecule has 0 saturated carbocycles. The molecular weight excluding hydrogens is 246 g/mol. The lowest BCUT2D eigenvalue weighted by Gasteiger charge is -2.05. The molecule has 0 aliphatic rings. The molecule has 19 heavy (non-hydrogen) atoms. The van der Waals surface area contributed by atoms with E-state index in [0.717, 1.165) is 11.5 Å². The number of carboxylic acid groups (broad SMARTS) is 1. The summed E-state index contributed by atoms with van der Waals surface area (Å²) in [5, 5.41) is 12.0. The molecule has 0 aliphatic carbocycles. The van der Waals surface area contributed by atoms with Crippen LogP contribution in [-0.4, -0.2) is 21.0 Å². The van der Waals surface area contributed by atoms with E-state index in [1.165, 1.54) is 6.07 Å². The molecule has 2 N–H and O–H groups in total. The SMILES string of the molecule is Cc1nc(NCc2nc(C)c(C)o2)ccc1C(=O)O. The summed E-state index contributed by atoms with van der Waals surface area (Å²) in [6, 6.07) is 3.15. The number of aryl methyl sites for hydroxylation is 3. The van der Waals surface area contributed by atoms with E-state index in [1.807, 2.05) is 13.8 Å². The van der Waals surface area contributed by atoms with Gasteiger partial charge in [0.15, 0.2) is 0 Å². The summed E-state index contributed by atoms with van der Waals surface area (Å²) < 4.78 is 5.43. The number of rotatable bonds is 4. The summed E-state index contributed by atoms with van der Waals surface area (Å²) in [6.45, 7) is 5.81. The predicted octanol–water partition coefficient (Wildman–Crippen LogP) is 2.31. The fraction of sp³-hybridized carbons (Fsp3) is 0.308. The van der Waals surface area contributed by atoms with Crippen molar-refractivity contribution in [1.82, 2.24) is 9.97 Å². The Morgan fingerprint density at radius 2 is 2.00 bits per heavy atom. The van der Waals surface area contributed by atoms with Gasteiger partial charge in [-0.3, -0.25) is 0 Å². The third kappa shape index (κ3) is 2.90. The Balaban J connectivity index is 2.08. The minimum Gasteiger partial charge on any atom is -0.478 e. The normalized spacial score (nSPS) is 10.5. The molecule has 0 unspecified atom stereocenters. The highest BCUT2D eigenvalue weighted by atomic mass is 16.4. The van der Waals surface area contributed by atoms with Crippen LogP contribution in [0.3, 0.4) is 0 Å². The van der Waals surface area contributed by atoms with E-state index < -0.39 is 5.97 Å². The maximum atomic E-state index is 10.9. The van der Waals surface area contributed by atoms with Gasteiger partial charge >= 0.3 is 5.97 Å². The second-order valence-electron chi connectivity index (χ2n) is 4.24. The van der Waals surface area contributed by atoms with Crippen LogP contribution in [0.4, 0.5) is 5.82 Å². The van der Waals surface area contributed by atoms with E-state index in [-0.39, 0.29) is 5.56 Å². The minimum absolute atomic E-state index is 0.202. The molecule has 6 nitrogen and oxygen atoms in total. The number of aromatic carboxylic acids is 1. The fourth-order valence-electron chi connectivity index (χ4n) is 1.67. The molecule has 2 rings (SSSR count). The highest BCUT2D eigenvalue weighted by molar-refractivity contribution is 5.89. The molecule has 2 heterocycles. The van der Waals surface area contributed by atoms with Crippen molar-refractivity contribution >= 4 is 11.8 Å². The Labute approximate surface area is 110 Å². The fourth-order valence-corrected chi connectivity index (χ4v) is 1.67. The highest BCUT2D eigenvalue weighted by Gasteiger charge is 2.09. The number of aromatic nitrogens is 2. The highest BCUT2D eigenvalue weighted by Crippen LogP contribution is 2.13. The summed E-state index contributed by atoms with van der Waals surface area (Å²) in [7, 11) is 0. The Bertz CT molecular complexity index is 600. The van der Waals surface area contributed by atoms with Crippen LogP contribution in [-0.2, 0) is 6.54 Å². The molecule has 6 heteroatoms. The van der Waals surface area contributed by atoms with Crippen molar-refractivity contribution in [1.29, 1.82) is 0 Å². The molecule has 0 saturated heterocycles. The lowest BCUT2D eigenvalue weighted by Crippen LogP contribution is -2.06. The molecular formula is C13H15N3O3. The summed E-state index contributed by atoms with van der Waals surface area (Å²) in [4.78, 5) is 19.3. The topological polar surface area (TPSA) is 88.3 Å². The van der Waals surface area contributed by atoms with Crippen LogP contribution < -0.4 is 5.32 Å². The Kier molecular flexibility index (Phi) is 3.50. The van der Waals surface area contributed by atoms with Crippen molar-refractivity contribution in [2.45, 2.75) is 27.3 Å². The molecule has 100 valence electrons. The number of pyridine rings is 1. The van der Waals surface area contributed by atoms with Gasteiger partial charge in [0.05, 0.1) is 23.5 Å². The van der Waals surface area contributed by atoms with Crippen molar-refractivity contribution < 1.29 is 14.3 Å². The third-order valence-electron chi connectivity index (χ3n) is 2.81. The van der Waals surface area contributed by atoms with Gasteiger partial charge in [-0.1, -0.05) is 0 Å². The van der Waals surface area contributed by atoms with Crippen molar-refractivity contribution in [3.8, 4) is 0 Å². The number of hydrogen-bond acceptors (Lipinski definition) is 5. The Hall–Kier alpha value is -2.37. The molecule has 2 aromatic heterocycles. The molecule has 0 atom stereocenters. The number of hydrogen-bond donors (Lipinski definition) is 2. The summed E-state index contributed by atoms with van der Waals surface area (Å²) >= 11 is 0. The number of nitrogens with one attached hydrogen (secondary N) is 1. The van der Waals surface area contributed by atoms with E-state index >= 15 is 0 Å². The molecule has 2 aromatic rings. The lowest BCUT2D eigenvalue weighted by molar-refractivity contribution is 0.0695. The summed E-state index contributed by atoms with van der Waals surface area (Å²) in [5.74, 6) is 0.991. The van der Waals surface area contributed by atoms with Gasteiger partial charge in [-0.2, -0.15) is 0 Å². The van der Waals surface area contributed by atoms with Crippen LogP contribution in [0.5, 0.6) is 0 Å². The van der Waals surface area contributed by atoms with Gasteiger partial charge in [-0.05, 0) is 32.9 Å². The average molecular weight is 261 g/mol. The van der Waals surface area contributed by atoms with Crippen LogP contribution in [0.25, 0.3) is 0 Å². The van der Waals surface area contributed by atoms with Gasteiger partial charge in [-0.15, -0.1) is 0 Å². The zero-order valence-electron chi connectivity index (χ0n) is 11.0. The third-order valence-corrected chi connectivity index (χ3v) is 2.81. The monoisotopic (exact) mass is 261 g/mol. The molecule has 0 fully saturated rings. The maximum Gasteiger partial charge on any atom is 0.337 e. The van der Waals surface area contributed by atoms with Crippen LogP contribution in [0.15, 0.2) is 16.5 Å². The number of carboxylic acids is 1. The van der Waals surface area contributed by atoms with Crippen molar-refractivity contribution in [3.63, 3.8) is 0 Å². The quantitative estimate of drug-likeness (QED) is 0.878. The smallest absolute Gasteiger partial charge is 0.337 e. The number of anilines is 1. The van der Waals surface area contributed by atoms with Crippen LogP contribution in [0, 0.1) is 20.8 Å². The summed E-state index contributed by atoms with van der Waals surface area (Å²) in [6.07, 6.45) is 0. The predicted molar refractivity (Wildman–Crippen MR) is 69.2 cm³/mol. The van der Waals surface area contributed by atoms with Gasteiger partial charge in [-0.25, -0.2) is 14.8 Å². The molecule has 0 aliphatic heterocycles. The average Bonchev–Trinajstić information content (AvgIpc) is 2.66. The Morgan fingerprint density at radius 1 is 1.26 bits per heavy atom. The second kappa shape index (κ2) is 5.09. The van der Waals surface area contributed by atoms with E-state index in [4.69, 9.17) is 9.52 Å². The van der Waals surface area contributed by atoms with Crippen molar-refractivity contribution in [2.24, 2.45) is 0 Å². The molecule has 0 amide bonds. The molecule has 0 radical (unpaired) electrons. The van der Waals surface area contributed by atoms with E-state index in [9.17, 15) is 4.79 Å². The van der Waals surface area contributed by atoms with Gasteiger partial charge in [0, 0.05) is 0 Å². The van der Waals surface area contributed by atoms with Crippen LogP contribution in [0.2, 0.25) is 0 Å². The molecule has 0 aromatic carbocycles. The van der Waals surface area contributed by atoms with Gasteiger partial charge in [0.25, 0.3) is 0 Å². The van der Waals surface area contributed by atoms with E-state index in [2.05, 4.69) is 15.3 Å². The van der Waals surface area contributed by atoms with Gasteiger partial charge < -0.3 is 14.8 Å². The van der Waals surface area contributed by atoms with Crippen molar-refractivity contribution in [3.05, 3.63) is 40.7 Å². The number of carbonyl (C=O) groups is 1. The van der Waals surface area contributed by atoms with Gasteiger partial charge in [0.2, 0.25) is 5.89 Å². The van der Waals surface area contributed by atoms with E-state index in [0.29, 0.717) is 23.9 Å².